The molecule has 0 amide bonds. The Morgan fingerprint density at radius 2 is 0.810 bits per heavy atom. The summed E-state index contributed by atoms with van der Waals surface area (Å²) >= 11 is 0. The Labute approximate surface area is 272 Å². The summed E-state index contributed by atoms with van der Waals surface area (Å²) in [7, 11) is -1.40. The Hall–Kier alpha value is -3.52. The third-order valence-electron chi connectivity index (χ3n) is 6.73. The zero-order chi connectivity index (χ0) is 27.5. The van der Waals surface area contributed by atoms with Gasteiger partial charge in [-0.25, -0.2) is 15.0 Å². The minimum absolute atomic E-state index is 0. The zero-order valence-electron chi connectivity index (χ0n) is 22.6. The maximum absolute atomic E-state index is 12.7. The molecule has 0 saturated carbocycles. The standard InChI is InChI=1S/C33H24N3O3P.La.H2O/c37-28-16-4-1-10-22(28)25-13-7-19-31(34-25)40(32-20-8-14-26(35-32)23-11-2-5-17-29(23)38)33-21-9-15-27(36-33)24-12-3-6-18-30(24)39;;/h1-15,19-21H,16-18H2;;1H2. The molecule has 0 bridgehead atoms. The van der Waals surface area contributed by atoms with Crippen molar-refractivity contribution >= 4 is 58.3 Å². The molecule has 0 fully saturated rings. The molecule has 0 aliphatic heterocycles. The van der Waals surface area contributed by atoms with Crippen LogP contribution in [0.5, 0.6) is 0 Å². The number of pyridine rings is 3. The predicted octanol–water partition coefficient (Wildman–Crippen LogP) is 3.54. The van der Waals surface area contributed by atoms with Crippen molar-refractivity contribution in [1.82, 2.24) is 15.0 Å². The van der Waals surface area contributed by atoms with E-state index in [0.717, 1.165) is 16.3 Å². The molecule has 9 heteroatoms. The van der Waals surface area contributed by atoms with Gasteiger partial charge in [0.1, 0.15) is 0 Å². The van der Waals surface area contributed by atoms with Gasteiger partial charge in [0.15, 0.2) is 17.3 Å². The molecule has 0 unspecified atom stereocenters. The molecule has 42 heavy (non-hydrogen) atoms. The van der Waals surface area contributed by atoms with Gasteiger partial charge in [0.25, 0.3) is 0 Å². The van der Waals surface area contributed by atoms with E-state index in [1.54, 1.807) is 18.2 Å². The van der Waals surface area contributed by atoms with Crippen LogP contribution in [0.3, 0.4) is 0 Å². The topological polar surface area (TPSA) is 121 Å². The van der Waals surface area contributed by atoms with Gasteiger partial charge >= 0.3 is 0 Å². The number of hydrogen-bond donors (Lipinski definition) is 0. The summed E-state index contributed by atoms with van der Waals surface area (Å²) in [5.74, 6) is 0.0509. The van der Waals surface area contributed by atoms with Crippen LogP contribution in [0.25, 0.3) is 16.7 Å². The second-order valence-electron chi connectivity index (χ2n) is 9.39. The van der Waals surface area contributed by atoms with Gasteiger partial charge in [-0.15, -0.1) is 0 Å². The van der Waals surface area contributed by atoms with Crippen LogP contribution in [-0.2, 0) is 14.4 Å². The third kappa shape index (κ3) is 6.59. The van der Waals surface area contributed by atoms with Crippen molar-refractivity contribution in [2.24, 2.45) is 0 Å². The number of allylic oxidation sites excluding steroid dienone is 12. The number of rotatable bonds is 6. The van der Waals surface area contributed by atoms with Crippen molar-refractivity contribution in [2.75, 3.05) is 0 Å². The van der Waals surface area contributed by atoms with E-state index in [-0.39, 0.29) is 58.4 Å². The number of carbonyl (C=O) groups is 3. The first-order valence-corrected chi connectivity index (χ1v) is 14.3. The second-order valence-corrected chi connectivity index (χ2v) is 11.4. The first kappa shape index (κ1) is 31.4. The molecule has 2 N–H and O–H groups in total. The SMILES string of the molecule is O.O=C1CC=CC=C1c1cccc(P(c2cccc(C3=CC=CCC3=O)n2)c2cccc(C3=CC=CCC3=O)n2)n1.[La]. The maximum Gasteiger partial charge on any atom is 0.168 e. The quantitative estimate of drug-likeness (QED) is 0.364. The van der Waals surface area contributed by atoms with E-state index in [0.29, 0.717) is 53.1 Å². The van der Waals surface area contributed by atoms with E-state index in [9.17, 15) is 14.4 Å². The average Bonchev–Trinajstić information content (AvgIpc) is 2.99. The first-order chi connectivity index (χ1) is 19.6. The number of Topliss-reactive ketones (excluding diaryl/α,β-unsaturated/α-hetero) is 3. The summed E-state index contributed by atoms with van der Waals surface area (Å²) in [6.07, 6.45) is 17.5. The molecule has 0 aromatic carbocycles. The fourth-order valence-electron chi connectivity index (χ4n) is 4.76. The maximum atomic E-state index is 12.7. The molecule has 0 atom stereocenters. The molecule has 3 heterocycles. The largest absolute Gasteiger partial charge is 0.412 e. The monoisotopic (exact) mass is 698 g/mol. The molecule has 3 aromatic rings. The fourth-order valence-corrected chi connectivity index (χ4v) is 6.79. The number of nitrogens with zero attached hydrogens (tertiary/aromatic N) is 3. The normalized spacial score (nSPS) is 15.9. The van der Waals surface area contributed by atoms with Crippen molar-refractivity contribution in [3.63, 3.8) is 0 Å². The van der Waals surface area contributed by atoms with Gasteiger partial charge in [-0.05, 0) is 54.6 Å². The number of carbonyl (C=O) groups excluding carboxylic acids is 3. The van der Waals surface area contributed by atoms with Crippen LogP contribution in [0.4, 0.5) is 0 Å². The molecule has 7 nitrogen and oxygen atoms in total. The van der Waals surface area contributed by atoms with Crippen molar-refractivity contribution in [3.8, 4) is 0 Å². The fraction of sp³-hybridized carbons (Fsp3) is 0.0909. The van der Waals surface area contributed by atoms with Crippen molar-refractivity contribution in [3.05, 3.63) is 126 Å². The van der Waals surface area contributed by atoms with Crippen molar-refractivity contribution < 1.29 is 55.5 Å². The van der Waals surface area contributed by atoms with Gasteiger partial charge in [-0.2, -0.15) is 0 Å². The van der Waals surface area contributed by atoms with Crippen LogP contribution in [0.15, 0.2) is 109 Å². The van der Waals surface area contributed by atoms with Gasteiger partial charge in [0, 0.05) is 79.5 Å². The summed E-state index contributed by atoms with van der Waals surface area (Å²) in [5.41, 5.74) is 5.65. The van der Waals surface area contributed by atoms with Crippen molar-refractivity contribution in [2.45, 2.75) is 19.3 Å². The molecule has 0 spiro atoms. The Morgan fingerprint density at radius 1 is 0.500 bits per heavy atom. The van der Waals surface area contributed by atoms with E-state index in [2.05, 4.69) is 0 Å². The first-order valence-electron chi connectivity index (χ1n) is 13.0. The summed E-state index contributed by atoms with van der Waals surface area (Å²) in [6.45, 7) is 0. The van der Waals surface area contributed by atoms with Gasteiger partial charge in [0.2, 0.25) is 0 Å². The minimum Gasteiger partial charge on any atom is -0.412 e. The molecule has 3 aromatic heterocycles. The van der Waals surface area contributed by atoms with Crippen LogP contribution in [-0.4, -0.2) is 37.8 Å². The van der Waals surface area contributed by atoms with E-state index in [4.69, 9.17) is 15.0 Å². The Morgan fingerprint density at radius 3 is 1.10 bits per heavy atom. The van der Waals surface area contributed by atoms with Crippen LogP contribution < -0.4 is 16.3 Å². The molecule has 0 saturated heterocycles. The molecule has 3 aliphatic carbocycles. The molecular weight excluding hydrogens is 672 g/mol. The number of aromatic nitrogens is 3. The van der Waals surface area contributed by atoms with Gasteiger partial charge in [-0.1, -0.05) is 54.7 Å². The predicted molar refractivity (Wildman–Crippen MR) is 162 cm³/mol. The summed E-state index contributed by atoms with van der Waals surface area (Å²) in [6, 6.07) is 16.9. The van der Waals surface area contributed by atoms with Crippen LogP contribution in [0.1, 0.15) is 36.3 Å². The summed E-state index contributed by atoms with van der Waals surface area (Å²) in [5, 5.41) is 0. The van der Waals surface area contributed by atoms with Crippen LogP contribution in [0, 0.1) is 35.6 Å². The number of hydrogen-bond acceptors (Lipinski definition) is 6. The average molecular weight is 698 g/mol. The minimum atomic E-state index is -1.40. The second kappa shape index (κ2) is 14.1. The summed E-state index contributed by atoms with van der Waals surface area (Å²) < 4.78 is 0. The van der Waals surface area contributed by atoms with E-state index in [1.807, 2.05) is 91.1 Å². The Bertz CT molecular complexity index is 1550. The summed E-state index contributed by atoms with van der Waals surface area (Å²) in [4.78, 5) is 52.8. The smallest absolute Gasteiger partial charge is 0.168 e. The van der Waals surface area contributed by atoms with Gasteiger partial charge in [0.05, 0.1) is 33.4 Å². The van der Waals surface area contributed by atoms with Crippen molar-refractivity contribution in [1.29, 1.82) is 0 Å². The molecule has 205 valence electrons. The Balaban J connectivity index is 0.00000202. The van der Waals surface area contributed by atoms with Crippen LogP contribution in [0.2, 0.25) is 0 Å². The van der Waals surface area contributed by atoms with E-state index >= 15 is 0 Å². The van der Waals surface area contributed by atoms with Gasteiger partial charge in [-0.3, -0.25) is 14.4 Å². The molecule has 3 aliphatic rings. The zero-order valence-corrected chi connectivity index (χ0v) is 27.1. The van der Waals surface area contributed by atoms with E-state index in [1.165, 1.54) is 0 Å². The van der Waals surface area contributed by atoms with E-state index < -0.39 is 7.92 Å². The number of ketones is 3. The van der Waals surface area contributed by atoms with Crippen LogP contribution >= 0.6 is 7.92 Å². The molecule has 1 radical (unpaired) electrons. The molecule has 6 rings (SSSR count). The molecular formula is C33H26LaN3O4P. The van der Waals surface area contributed by atoms with Gasteiger partial charge < -0.3 is 5.48 Å². The third-order valence-corrected chi connectivity index (χ3v) is 8.85. The Kier molecular flexibility index (Phi) is 10.5.